The maximum absolute atomic E-state index is 12.5. The topological polar surface area (TPSA) is 190 Å². The molecule has 1 heterocycles. The molecule has 2 aromatic rings. The number of hydrogen-bond acceptors (Lipinski definition) is 9. The molecule has 0 aromatic heterocycles. The summed E-state index contributed by atoms with van der Waals surface area (Å²) in [7, 11) is 0. The summed E-state index contributed by atoms with van der Waals surface area (Å²) in [5, 5.41) is 15.9. The summed E-state index contributed by atoms with van der Waals surface area (Å²) in [4.78, 5) is 61.3. The Kier molecular flexibility index (Phi) is 8.70. The molecule has 2 atom stereocenters. The van der Waals surface area contributed by atoms with Gasteiger partial charge < -0.3 is 20.3 Å². The third-order valence-electron chi connectivity index (χ3n) is 5.20. The lowest BCUT2D eigenvalue weighted by atomic mass is 9.92. The van der Waals surface area contributed by atoms with E-state index in [1.54, 1.807) is 24.3 Å². The highest BCUT2D eigenvalue weighted by Gasteiger charge is 2.43. The molecule has 36 heavy (non-hydrogen) atoms. The van der Waals surface area contributed by atoms with Gasteiger partial charge in [0.2, 0.25) is 5.91 Å². The summed E-state index contributed by atoms with van der Waals surface area (Å²) >= 11 is 0. The maximum atomic E-state index is 12.5. The van der Waals surface area contributed by atoms with Crippen LogP contribution in [0.4, 0.5) is 5.69 Å². The van der Waals surface area contributed by atoms with Gasteiger partial charge in [0.05, 0.1) is 17.5 Å². The molecule has 13 nitrogen and oxygen atoms in total. The number of ether oxygens (including phenoxy) is 2. The van der Waals surface area contributed by atoms with Crippen LogP contribution < -0.4 is 10.6 Å². The Bertz CT molecular complexity index is 1210. The Hall–Kier alpha value is -4.74. The van der Waals surface area contributed by atoms with Crippen molar-refractivity contribution in [1.29, 1.82) is 0 Å². The second kappa shape index (κ2) is 12.1. The van der Waals surface area contributed by atoms with Crippen molar-refractivity contribution in [2.75, 3.05) is 6.54 Å². The number of esters is 2. The first-order valence-electron chi connectivity index (χ1n) is 10.7. The van der Waals surface area contributed by atoms with Crippen LogP contribution in [-0.2, 0) is 41.9 Å². The van der Waals surface area contributed by atoms with E-state index in [-0.39, 0.29) is 25.4 Å². The fourth-order valence-corrected chi connectivity index (χ4v) is 3.27. The molecule has 0 aliphatic carbocycles. The quantitative estimate of drug-likeness (QED) is 0.0616. The van der Waals surface area contributed by atoms with Gasteiger partial charge in [-0.15, -0.1) is 0 Å². The van der Waals surface area contributed by atoms with E-state index < -0.39 is 52.8 Å². The first-order valence-corrected chi connectivity index (χ1v) is 10.7. The molecule has 0 bridgehead atoms. The number of non-ortho nitro benzene ring substituents is 1. The molecule has 1 aliphatic heterocycles. The van der Waals surface area contributed by atoms with Crippen LogP contribution in [0.25, 0.3) is 5.53 Å². The van der Waals surface area contributed by atoms with Crippen LogP contribution >= 0.6 is 0 Å². The second-order valence-corrected chi connectivity index (χ2v) is 7.70. The van der Waals surface area contributed by atoms with Gasteiger partial charge in [-0.05, 0) is 23.3 Å². The number of carbonyl (C=O) groups excluding carboxylic acids is 4. The number of carbonyl (C=O) groups is 4. The van der Waals surface area contributed by atoms with Crippen molar-refractivity contribution in [1.82, 2.24) is 10.6 Å². The zero-order valence-electron chi connectivity index (χ0n) is 18.8. The Morgan fingerprint density at radius 1 is 1.03 bits per heavy atom. The van der Waals surface area contributed by atoms with Crippen molar-refractivity contribution in [3.63, 3.8) is 0 Å². The van der Waals surface area contributed by atoms with Gasteiger partial charge in [-0.2, -0.15) is 4.79 Å². The van der Waals surface area contributed by atoms with Crippen LogP contribution in [0.3, 0.4) is 0 Å². The summed E-state index contributed by atoms with van der Waals surface area (Å²) in [6, 6.07) is 12.5. The van der Waals surface area contributed by atoms with Gasteiger partial charge in [-0.3, -0.25) is 29.8 Å². The van der Waals surface area contributed by atoms with E-state index in [0.717, 1.165) is 5.56 Å². The number of ketones is 1. The van der Waals surface area contributed by atoms with Crippen molar-refractivity contribution in [3.05, 3.63) is 81.4 Å². The third kappa shape index (κ3) is 6.88. The van der Waals surface area contributed by atoms with Crippen LogP contribution in [0.5, 0.6) is 0 Å². The molecule has 0 saturated carbocycles. The molecular weight excluding hydrogens is 474 g/mol. The minimum atomic E-state index is -1.21. The standard InChI is InChI=1S/C23H21N5O8/c24-27-21(23(32)36-13-15-6-8-16(9-7-15)28(33)34)18(29)10-17-20(22(31)26-17)25-11-19(30)35-12-14-4-2-1-3-5-14/h1-9,17,20,25H,10-13H2,(H,26,31)/t17-,20-/m1/s1. The monoisotopic (exact) mass is 495 g/mol. The van der Waals surface area contributed by atoms with Crippen LogP contribution in [0.1, 0.15) is 17.5 Å². The van der Waals surface area contributed by atoms with Gasteiger partial charge in [0, 0.05) is 18.6 Å². The predicted octanol–water partition coefficient (Wildman–Crippen LogP) is 0.468. The van der Waals surface area contributed by atoms with E-state index in [1.807, 2.05) is 6.07 Å². The third-order valence-corrected chi connectivity index (χ3v) is 5.20. The number of rotatable bonds is 12. The average Bonchev–Trinajstić information content (AvgIpc) is 2.87. The lowest BCUT2D eigenvalue weighted by Crippen LogP contribution is -2.69. The van der Waals surface area contributed by atoms with E-state index in [4.69, 9.17) is 15.0 Å². The molecule has 0 unspecified atom stereocenters. The molecule has 3 rings (SSSR count). The van der Waals surface area contributed by atoms with Crippen LogP contribution in [0.2, 0.25) is 0 Å². The number of benzene rings is 2. The summed E-state index contributed by atoms with van der Waals surface area (Å²) < 4.78 is 10.1. The Labute approximate surface area is 204 Å². The Balaban J connectivity index is 1.45. The first kappa shape index (κ1) is 25.9. The van der Waals surface area contributed by atoms with E-state index in [1.165, 1.54) is 24.3 Å². The number of hydrogen-bond donors (Lipinski definition) is 2. The van der Waals surface area contributed by atoms with Gasteiger partial charge in [0.25, 0.3) is 11.5 Å². The van der Waals surface area contributed by atoms with Crippen molar-refractivity contribution < 1.29 is 38.4 Å². The number of nitrogens with zero attached hydrogens (tertiary/aromatic N) is 3. The largest absolute Gasteiger partial charge is 0.460 e. The van der Waals surface area contributed by atoms with E-state index in [0.29, 0.717) is 5.56 Å². The highest BCUT2D eigenvalue weighted by Crippen LogP contribution is 2.14. The summed E-state index contributed by atoms with van der Waals surface area (Å²) in [5.41, 5.74) is 9.33. The van der Waals surface area contributed by atoms with Crippen molar-refractivity contribution in [3.8, 4) is 0 Å². The zero-order chi connectivity index (χ0) is 26.1. The van der Waals surface area contributed by atoms with Gasteiger partial charge in [-0.1, -0.05) is 30.3 Å². The van der Waals surface area contributed by atoms with E-state index >= 15 is 0 Å². The molecule has 1 fully saturated rings. The van der Waals surface area contributed by atoms with Crippen LogP contribution in [0.15, 0.2) is 54.6 Å². The minimum Gasteiger partial charge on any atom is -0.460 e. The van der Waals surface area contributed by atoms with Gasteiger partial charge in [-0.25, -0.2) is 4.79 Å². The SMILES string of the molecule is [N-]=[N+]=C(C(=O)C[C@H]1NC(=O)[C@@H]1NCC(=O)OCc1ccccc1)C(=O)OCc1ccc([N+](=O)[O-])cc1. The summed E-state index contributed by atoms with van der Waals surface area (Å²) in [6.07, 6.45) is -0.394. The van der Waals surface area contributed by atoms with E-state index in [2.05, 4.69) is 15.4 Å². The van der Waals surface area contributed by atoms with Crippen LogP contribution in [0, 0.1) is 10.1 Å². The molecule has 0 radical (unpaired) electrons. The molecule has 186 valence electrons. The number of nitro benzene ring substituents is 1. The van der Waals surface area contributed by atoms with Crippen molar-refractivity contribution in [2.45, 2.75) is 31.7 Å². The predicted molar refractivity (Wildman–Crippen MR) is 121 cm³/mol. The minimum absolute atomic E-state index is 0.0679. The number of β-lactam (4-membered cyclic amide) rings is 1. The smallest absolute Gasteiger partial charge is 0.441 e. The van der Waals surface area contributed by atoms with E-state index in [9.17, 15) is 29.3 Å². The first-order chi connectivity index (χ1) is 17.3. The lowest BCUT2D eigenvalue weighted by Gasteiger charge is -2.36. The molecule has 0 spiro atoms. The van der Waals surface area contributed by atoms with Crippen molar-refractivity contribution in [2.24, 2.45) is 0 Å². The zero-order valence-corrected chi connectivity index (χ0v) is 18.8. The normalized spacial score (nSPS) is 16.1. The summed E-state index contributed by atoms with van der Waals surface area (Å²) in [6.45, 7) is -0.537. The molecule has 2 N–H and O–H groups in total. The second-order valence-electron chi connectivity index (χ2n) is 7.70. The number of nitro groups is 1. The summed E-state index contributed by atoms with van der Waals surface area (Å²) in [5.74, 6) is -3.15. The molecule has 1 aliphatic rings. The Morgan fingerprint density at radius 2 is 1.67 bits per heavy atom. The average molecular weight is 495 g/mol. The molecule has 1 saturated heterocycles. The number of nitrogens with one attached hydrogen (secondary N) is 2. The molecule has 2 aromatic carbocycles. The molecular formula is C23H21N5O8. The lowest BCUT2D eigenvalue weighted by molar-refractivity contribution is -0.384. The maximum Gasteiger partial charge on any atom is 0.441 e. The number of Topliss-reactive ketones (excluding diaryl/α,β-unsaturated/α-hetero) is 1. The molecule has 1 amide bonds. The fourth-order valence-electron chi connectivity index (χ4n) is 3.27. The van der Waals surface area contributed by atoms with Crippen molar-refractivity contribution >= 4 is 35.0 Å². The highest BCUT2D eigenvalue weighted by molar-refractivity contribution is 6.62. The Morgan fingerprint density at radius 3 is 2.28 bits per heavy atom. The van der Waals surface area contributed by atoms with Gasteiger partial charge in [0.1, 0.15) is 19.3 Å². The van der Waals surface area contributed by atoms with Crippen LogP contribution in [-0.4, -0.2) is 57.7 Å². The number of amides is 1. The highest BCUT2D eigenvalue weighted by atomic mass is 16.6. The molecule has 13 heteroatoms. The van der Waals surface area contributed by atoms with Gasteiger partial charge >= 0.3 is 17.7 Å². The fraction of sp³-hybridized carbons (Fsp3) is 0.261. The van der Waals surface area contributed by atoms with Gasteiger partial charge in [0.15, 0.2) is 0 Å².